The van der Waals surface area contributed by atoms with Gasteiger partial charge in [0.15, 0.2) is 0 Å². The van der Waals surface area contributed by atoms with Gasteiger partial charge in [-0.25, -0.2) is 4.39 Å². The number of carbonyl (C=O) groups is 1. The minimum atomic E-state index is -0.550. The van der Waals surface area contributed by atoms with E-state index >= 15 is 0 Å². The smallest absolute Gasteiger partial charge is 0.254 e. The highest BCUT2D eigenvalue weighted by molar-refractivity contribution is 7.80. The Morgan fingerprint density at radius 1 is 1.19 bits per heavy atom. The predicted molar refractivity (Wildman–Crippen MR) is 82.5 cm³/mol. The van der Waals surface area contributed by atoms with Crippen molar-refractivity contribution in [2.24, 2.45) is 0 Å². The molecule has 21 heavy (non-hydrogen) atoms. The average Bonchev–Trinajstić information content (AvgIpc) is 2.50. The van der Waals surface area contributed by atoms with E-state index in [9.17, 15) is 9.18 Å². The molecule has 0 spiro atoms. The number of amides is 1. The number of benzene rings is 2. The van der Waals surface area contributed by atoms with Crippen LogP contribution in [-0.2, 0) is 0 Å². The fourth-order valence-electron chi connectivity index (χ4n) is 1.76. The van der Waals surface area contributed by atoms with Crippen molar-refractivity contribution in [3.8, 4) is 5.75 Å². The van der Waals surface area contributed by atoms with E-state index in [0.717, 1.165) is 5.75 Å². The molecular weight excluding hydrogens is 289 g/mol. The molecule has 0 saturated heterocycles. The molecule has 2 aromatic rings. The number of carbonyl (C=O) groups excluding carboxylic acids is 1. The number of halogens is 1. The van der Waals surface area contributed by atoms with Crippen LogP contribution in [0.25, 0.3) is 0 Å². The van der Waals surface area contributed by atoms with E-state index in [1.807, 2.05) is 30.3 Å². The Labute approximate surface area is 128 Å². The van der Waals surface area contributed by atoms with E-state index in [2.05, 4.69) is 17.9 Å². The molecule has 5 heteroatoms. The van der Waals surface area contributed by atoms with Crippen LogP contribution in [-0.4, -0.2) is 19.1 Å². The summed E-state index contributed by atoms with van der Waals surface area (Å²) in [5, 5.41) is 2.66. The van der Waals surface area contributed by atoms with Crippen LogP contribution in [0.2, 0.25) is 0 Å². The summed E-state index contributed by atoms with van der Waals surface area (Å²) in [5.74, 6) is -0.202. The van der Waals surface area contributed by atoms with Gasteiger partial charge >= 0.3 is 0 Å². The first-order chi connectivity index (χ1) is 10.2. The molecule has 0 radical (unpaired) electrons. The van der Waals surface area contributed by atoms with Crippen molar-refractivity contribution in [1.29, 1.82) is 0 Å². The summed E-state index contributed by atoms with van der Waals surface area (Å²) in [7, 11) is 0. The van der Waals surface area contributed by atoms with Crippen molar-refractivity contribution in [1.82, 2.24) is 5.32 Å². The van der Waals surface area contributed by atoms with Gasteiger partial charge in [-0.05, 0) is 36.8 Å². The molecule has 0 unspecified atom stereocenters. The van der Waals surface area contributed by atoms with Crippen LogP contribution in [0.15, 0.2) is 53.4 Å². The molecule has 0 aliphatic carbocycles. The molecule has 110 valence electrons. The van der Waals surface area contributed by atoms with Gasteiger partial charge in [0.05, 0.1) is 12.2 Å². The fraction of sp³-hybridized carbons (Fsp3) is 0.188. The number of nitrogens with one attached hydrogen (secondary N) is 1. The van der Waals surface area contributed by atoms with Crippen LogP contribution in [0.3, 0.4) is 0 Å². The van der Waals surface area contributed by atoms with Gasteiger partial charge in [-0.1, -0.05) is 18.2 Å². The van der Waals surface area contributed by atoms with E-state index in [1.54, 1.807) is 0 Å². The standard InChI is InChI=1S/C16H16FNO2S/c17-15-8-7-13(21)11-14(15)16(19)18-9-4-10-20-12-5-2-1-3-6-12/h1-3,5-8,11,21H,4,9-10H2,(H,18,19). The normalized spacial score (nSPS) is 10.2. The zero-order chi connectivity index (χ0) is 15.1. The zero-order valence-electron chi connectivity index (χ0n) is 11.4. The predicted octanol–water partition coefficient (Wildman–Crippen LogP) is 3.31. The van der Waals surface area contributed by atoms with Gasteiger partial charge in [-0.3, -0.25) is 4.79 Å². The lowest BCUT2D eigenvalue weighted by molar-refractivity contribution is 0.0947. The maximum Gasteiger partial charge on any atom is 0.254 e. The third-order valence-electron chi connectivity index (χ3n) is 2.81. The van der Waals surface area contributed by atoms with Crippen LogP contribution >= 0.6 is 12.6 Å². The zero-order valence-corrected chi connectivity index (χ0v) is 12.3. The van der Waals surface area contributed by atoms with Gasteiger partial charge in [0.1, 0.15) is 11.6 Å². The molecule has 0 fully saturated rings. The molecule has 1 N–H and O–H groups in total. The highest BCUT2D eigenvalue weighted by atomic mass is 32.1. The Balaban J connectivity index is 1.73. The topological polar surface area (TPSA) is 38.3 Å². The van der Waals surface area contributed by atoms with Gasteiger partial charge in [0.25, 0.3) is 5.91 Å². The molecule has 2 aromatic carbocycles. The second kappa shape index (κ2) is 7.69. The third-order valence-corrected chi connectivity index (χ3v) is 3.09. The Hall–Kier alpha value is -2.01. The first-order valence-corrected chi connectivity index (χ1v) is 7.06. The molecule has 0 aliphatic heterocycles. The van der Waals surface area contributed by atoms with E-state index in [4.69, 9.17) is 4.74 Å². The van der Waals surface area contributed by atoms with Gasteiger partial charge in [0, 0.05) is 11.4 Å². The number of ether oxygens (including phenoxy) is 1. The second-order valence-corrected chi connectivity index (χ2v) is 4.95. The summed E-state index contributed by atoms with van der Waals surface area (Å²) in [5.41, 5.74) is 0.00600. The van der Waals surface area contributed by atoms with Gasteiger partial charge < -0.3 is 10.1 Å². The Morgan fingerprint density at radius 3 is 2.71 bits per heavy atom. The minimum absolute atomic E-state index is 0.00600. The summed E-state index contributed by atoms with van der Waals surface area (Å²) in [6.45, 7) is 0.904. The Kier molecular flexibility index (Phi) is 5.63. The first-order valence-electron chi connectivity index (χ1n) is 6.61. The lowest BCUT2D eigenvalue weighted by atomic mass is 10.2. The third kappa shape index (κ3) is 4.79. The average molecular weight is 305 g/mol. The van der Waals surface area contributed by atoms with Gasteiger partial charge in [-0.15, -0.1) is 12.6 Å². The van der Waals surface area contributed by atoms with Crippen LogP contribution in [0.1, 0.15) is 16.8 Å². The summed E-state index contributed by atoms with van der Waals surface area (Å²) in [6, 6.07) is 13.6. The van der Waals surface area contributed by atoms with Crippen molar-refractivity contribution in [2.75, 3.05) is 13.2 Å². The maximum absolute atomic E-state index is 13.5. The lowest BCUT2D eigenvalue weighted by Gasteiger charge is -2.08. The van der Waals surface area contributed by atoms with E-state index < -0.39 is 11.7 Å². The molecule has 0 atom stereocenters. The Bertz CT molecular complexity index is 604. The molecule has 0 bridgehead atoms. The molecule has 2 rings (SSSR count). The van der Waals surface area contributed by atoms with Crippen molar-refractivity contribution in [3.05, 3.63) is 59.9 Å². The maximum atomic E-state index is 13.5. The molecule has 0 aliphatic rings. The van der Waals surface area contributed by atoms with Crippen LogP contribution in [0.5, 0.6) is 5.75 Å². The quantitative estimate of drug-likeness (QED) is 0.635. The van der Waals surface area contributed by atoms with E-state index in [1.165, 1.54) is 18.2 Å². The van der Waals surface area contributed by atoms with Crippen molar-refractivity contribution in [3.63, 3.8) is 0 Å². The van der Waals surface area contributed by atoms with Crippen molar-refractivity contribution >= 4 is 18.5 Å². The highest BCUT2D eigenvalue weighted by Gasteiger charge is 2.11. The SMILES string of the molecule is O=C(NCCCOc1ccccc1)c1cc(S)ccc1F. The first kappa shape index (κ1) is 15.4. The van der Waals surface area contributed by atoms with Crippen LogP contribution < -0.4 is 10.1 Å². The molecule has 1 amide bonds. The second-order valence-electron chi connectivity index (χ2n) is 4.44. The van der Waals surface area contributed by atoms with Gasteiger partial charge in [0.2, 0.25) is 0 Å². The van der Waals surface area contributed by atoms with Crippen molar-refractivity contribution < 1.29 is 13.9 Å². The van der Waals surface area contributed by atoms with Gasteiger partial charge in [-0.2, -0.15) is 0 Å². The molecule has 0 saturated carbocycles. The number of rotatable bonds is 6. The Morgan fingerprint density at radius 2 is 1.95 bits per heavy atom. The largest absolute Gasteiger partial charge is 0.494 e. The molecular formula is C16H16FNO2S. The summed E-state index contributed by atoms with van der Waals surface area (Å²) >= 11 is 4.09. The highest BCUT2D eigenvalue weighted by Crippen LogP contribution is 2.13. The number of hydrogen-bond acceptors (Lipinski definition) is 3. The van der Waals surface area contributed by atoms with Crippen LogP contribution in [0, 0.1) is 5.82 Å². The summed E-state index contributed by atoms with van der Waals surface area (Å²) < 4.78 is 19.0. The monoisotopic (exact) mass is 305 g/mol. The fourth-order valence-corrected chi connectivity index (χ4v) is 1.97. The molecule has 0 aromatic heterocycles. The summed E-state index contributed by atoms with van der Waals surface area (Å²) in [4.78, 5) is 12.4. The molecule has 0 heterocycles. The van der Waals surface area contributed by atoms with Crippen molar-refractivity contribution in [2.45, 2.75) is 11.3 Å². The van der Waals surface area contributed by atoms with Crippen LogP contribution in [0.4, 0.5) is 4.39 Å². The lowest BCUT2D eigenvalue weighted by Crippen LogP contribution is -2.26. The molecule has 3 nitrogen and oxygen atoms in total. The number of para-hydroxylation sites is 1. The summed E-state index contributed by atoms with van der Waals surface area (Å²) in [6.07, 6.45) is 0.642. The number of thiol groups is 1. The minimum Gasteiger partial charge on any atom is -0.494 e. The number of hydrogen-bond donors (Lipinski definition) is 2. The van der Waals surface area contributed by atoms with E-state index in [-0.39, 0.29) is 5.56 Å². The van der Waals surface area contributed by atoms with E-state index in [0.29, 0.717) is 24.5 Å².